The first-order valence-electron chi connectivity index (χ1n) is 12.2. The van der Waals surface area contributed by atoms with Crippen LogP contribution in [-0.4, -0.2) is 86.6 Å². The number of ketones is 1. The Morgan fingerprint density at radius 1 is 1.22 bits per heavy atom. The average molecular weight is 502 g/mol. The fraction of sp³-hybridized carbons (Fsp3) is 0.538. The number of hydrogen-bond donors (Lipinski definition) is 7. The summed E-state index contributed by atoms with van der Waals surface area (Å²) in [5.41, 5.74) is 3.27. The molecule has 0 unspecified atom stereocenters. The molecule has 36 heavy (non-hydrogen) atoms. The van der Waals surface area contributed by atoms with E-state index in [9.17, 15) is 35.1 Å². The standard InChI is InChI=1S/C26H35N3O7/c1-5-6-10-28-23-17(25(27)35)22(33)19(29(3)4)18-21(32)14-11(2)12-8-7-9-13(30)15(12)20(31)16(14)24(34)26(18,23)36/h7-9,11,14,18-19,21,23,28,30,32-34,36H,5-6,10H2,1-4H3,(H2,27,35)/t11-,14+,18+,19-,21-,23+,26+/m0/s1. The number of aliphatic hydroxyl groups excluding tert-OH is 3. The molecule has 0 fully saturated rings. The zero-order valence-electron chi connectivity index (χ0n) is 20.9. The number of phenols is 1. The predicted molar refractivity (Wildman–Crippen MR) is 131 cm³/mol. The maximum atomic E-state index is 13.7. The quantitative estimate of drug-likeness (QED) is 0.278. The summed E-state index contributed by atoms with van der Waals surface area (Å²) in [6.45, 7) is 4.03. The highest BCUT2D eigenvalue weighted by Crippen LogP contribution is 2.56. The molecule has 0 heterocycles. The molecule has 0 aromatic heterocycles. The number of aliphatic hydroxyl groups is 4. The summed E-state index contributed by atoms with van der Waals surface area (Å²) >= 11 is 0. The number of likely N-dealkylation sites (N-methyl/N-ethyl adjacent to an activating group) is 1. The van der Waals surface area contributed by atoms with Crippen molar-refractivity contribution in [1.82, 2.24) is 10.2 Å². The van der Waals surface area contributed by atoms with Crippen molar-refractivity contribution < 1.29 is 35.1 Å². The van der Waals surface area contributed by atoms with Crippen LogP contribution in [0.15, 0.2) is 40.9 Å². The number of primary amides is 1. The third kappa shape index (κ3) is 3.47. The maximum absolute atomic E-state index is 13.7. The molecule has 1 aromatic rings. The summed E-state index contributed by atoms with van der Waals surface area (Å²) in [7, 11) is 3.22. The molecule has 1 amide bonds. The minimum atomic E-state index is -2.36. The van der Waals surface area contributed by atoms with Gasteiger partial charge in [-0.2, -0.15) is 0 Å². The van der Waals surface area contributed by atoms with Gasteiger partial charge in [0.25, 0.3) is 0 Å². The van der Waals surface area contributed by atoms with E-state index in [1.54, 1.807) is 33.2 Å². The largest absolute Gasteiger partial charge is 0.510 e. The third-order valence-corrected chi connectivity index (χ3v) is 8.11. The zero-order chi connectivity index (χ0) is 26.7. The van der Waals surface area contributed by atoms with Crippen molar-refractivity contribution in [3.63, 3.8) is 0 Å². The topological polar surface area (TPSA) is 177 Å². The lowest BCUT2D eigenvalue weighted by molar-refractivity contribution is -0.147. The van der Waals surface area contributed by atoms with Crippen LogP contribution < -0.4 is 11.1 Å². The highest BCUT2D eigenvalue weighted by Gasteiger charge is 2.66. The van der Waals surface area contributed by atoms with Crippen LogP contribution in [0, 0.1) is 11.8 Å². The van der Waals surface area contributed by atoms with Crippen LogP contribution in [-0.2, 0) is 4.79 Å². The van der Waals surface area contributed by atoms with Gasteiger partial charge in [0, 0.05) is 17.4 Å². The number of amides is 1. The SMILES string of the molecule is CCCCN[C@@H]1C(C(N)=O)=C(O)[C@@H](N(C)C)[C@@H]2[C@@H](O)[C@H]3C(=C(O)[C@@]21O)C(=O)c1c(O)cccc1[C@@H]3C. The summed E-state index contributed by atoms with van der Waals surface area (Å²) in [5, 5.41) is 60.5. The van der Waals surface area contributed by atoms with Crippen LogP contribution in [0.25, 0.3) is 0 Å². The molecular formula is C26H35N3O7. The van der Waals surface area contributed by atoms with Crippen molar-refractivity contribution in [1.29, 1.82) is 0 Å². The number of carbonyl (C=O) groups excluding carboxylic acids is 2. The fourth-order valence-corrected chi connectivity index (χ4v) is 6.47. The van der Waals surface area contributed by atoms with Crippen molar-refractivity contribution in [2.24, 2.45) is 17.6 Å². The van der Waals surface area contributed by atoms with Crippen LogP contribution in [0.3, 0.4) is 0 Å². The van der Waals surface area contributed by atoms with Crippen LogP contribution in [0.5, 0.6) is 5.75 Å². The van der Waals surface area contributed by atoms with E-state index in [4.69, 9.17) is 5.73 Å². The number of unbranched alkanes of at least 4 members (excludes halogenated alkanes) is 1. The average Bonchev–Trinajstić information content (AvgIpc) is 2.80. The van der Waals surface area contributed by atoms with Gasteiger partial charge in [0.1, 0.15) is 22.9 Å². The Bertz CT molecular complexity index is 1160. The van der Waals surface area contributed by atoms with Crippen LogP contribution in [0.4, 0.5) is 0 Å². The zero-order valence-corrected chi connectivity index (χ0v) is 20.9. The van der Waals surface area contributed by atoms with Crippen molar-refractivity contribution in [3.8, 4) is 5.75 Å². The van der Waals surface area contributed by atoms with E-state index in [0.717, 1.165) is 6.42 Å². The summed E-state index contributed by atoms with van der Waals surface area (Å²) < 4.78 is 0. The third-order valence-electron chi connectivity index (χ3n) is 8.11. The highest BCUT2D eigenvalue weighted by molar-refractivity contribution is 6.14. The number of nitrogens with one attached hydrogen (secondary N) is 1. The van der Waals surface area contributed by atoms with E-state index < -0.39 is 64.8 Å². The number of nitrogens with two attached hydrogens (primary N) is 1. The van der Waals surface area contributed by atoms with Crippen LogP contribution in [0.1, 0.15) is 48.5 Å². The van der Waals surface area contributed by atoms with Gasteiger partial charge in [-0.05, 0) is 44.6 Å². The molecule has 8 N–H and O–H groups in total. The number of aromatic hydroxyl groups is 1. The molecule has 0 saturated carbocycles. The van der Waals surface area contributed by atoms with E-state index in [1.165, 1.54) is 11.0 Å². The summed E-state index contributed by atoms with van der Waals surface area (Å²) in [4.78, 5) is 27.8. The first-order valence-corrected chi connectivity index (χ1v) is 12.2. The number of benzene rings is 1. The number of rotatable bonds is 6. The molecule has 4 rings (SSSR count). The van der Waals surface area contributed by atoms with Gasteiger partial charge in [-0.25, -0.2) is 0 Å². The Kier molecular flexibility index (Phi) is 6.67. The lowest BCUT2D eigenvalue weighted by atomic mass is 9.54. The molecule has 0 saturated heterocycles. The van der Waals surface area contributed by atoms with Crippen molar-refractivity contribution >= 4 is 11.7 Å². The number of hydrogen-bond acceptors (Lipinski definition) is 9. The van der Waals surface area contributed by atoms with Gasteiger partial charge in [0.2, 0.25) is 5.91 Å². The molecular weight excluding hydrogens is 466 g/mol. The smallest absolute Gasteiger partial charge is 0.249 e. The number of Topliss-reactive ketones (excluding diaryl/α,β-unsaturated/α-hetero) is 1. The van der Waals surface area contributed by atoms with Crippen molar-refractivity contribution in [2.45, 2.75) is 56.4 Å². The van der Waals surface area contributed by atoms with Gasteiger partial charge in [-0.3, -0.25) is 14.5 Å². The summed E-state index contributed by atoms with van der Waals surface area (Å²) in [6.07, 6.45) is 0.0311. The molecule has 0 radical (unpaired) electrons. The number of fused-ring (bicyclic) bond motifs is 3. The maximum Gasteiger partial charge on any atom is 0.249 e. The molecule has 0 spiro atoms. The van der Waals surface area contributed by atoms with Gasteiger partial charge in [-0.15, -0.1) is 0 Å². The monoisotopic (exact) mass is 501 g/mol. The number of phenolic OH excluding ortho intramolecular Hbond substituents is 1. The van der Waals surface area contributed by atoms with Crippen molar-refractivity contribution in [3.05, 3.63) is 52.0 Å². The molecule has 3 aliphatic carbocycles. The van der Waals surface area contributed by atoms with Crippen molar-refractivity contribution in [2.75, 3.05) is 20.6 Å². The van der Waals surface area contributed by atoms with Gasteiger partial charge in [-0.1, -0.05) is 32.4 Å². The molecule has 10 heteroatoms. The molecule has 0 bridgehead atoms. The normalized spacial score (nSPS) is 33.9. The minimum Gasteiger partial charge on any atom is -0.510 e. The summed E-state index contributed by atoms with van der Waals surface area (Å²) in [5.74, 6) is -5.74. The Morgan fingerprint density at radius 3 is 2.47 bits per heavy atom. The van der Waals surface area contributed by atoms with E-state index in [-0.39, 0.29) is 22.5 Å². The lowest BCUT2D eigenvalue weighted by Crippen LogP contribution is -2.72. The first kappa shape index (κ1) is 26.2. The highest BCUT2D eigenvalue weighted by atomic mass is 16.3. The molecule has 7 atom stereocenters. The van der Waals surface area contributed by atoms with E-state index in [0.29, 0.717) is 18.5 Å². The van der Waals surface area contributed by atoms with Crippen LogP contribution >= 0.6 is 0 Å². The Labute approximate surface area is 209 Å². The number of carbonyl (C=O) groups is 2. The van der Waals surface area contributed by atoms with Gasteiger partial charge in [0.05, 0.1) is 29.3 Å². The molecule has 1 aromatic carbocycles. The second-order valence-electron chi connectivity index (χ2n) is 10.3. The van der Waals surface area contributed by atoms with Gasteiger partial charge >= 0.3 is 0 Å². The predicted octanol–water partition coefficient (Wildman–Crippen LogP) is 0.842. The van der Waals surface area contributed by atoms with E-state index in [1.807, 2.05) is 6.92 Å². The second-order valence-corrected chi connectivity index (χ2v) is 10.3. The van der Waals surface area contributed by atoms with Crippen LogP contribution in [0.2, 0.25) is 0 Å². The minimum absolute atomic E-state index is 0.000949. The molecule has 196 valence electrons. The Hall–Kier alpha value is -2.92. The Balaban J connectivity index is 2.03. The second kappa shape index (κ2) is 9.19. The molecule has 0 aliphatic heterocycles. The first-order chi connectivity index (χ1) is 16.9. The van der Waals surface area contributed by atoms with Gasteiger partial charge < -0.3 is 36.6 Å². The molecule has 3 aliphatic rings. The number of nitrogens with zero attached hydrogens (tertiary/aromatic N) is 1. The molecule has 10 nitrogen and oxygen atoms in total. The van der Waals surface area contributed by atoms with E-state index in [2.05, 4.69) is 5.32 Å². The van der Waals surface area contributed by atoms with E-state index >= 15 is 0 Å². The Morgan fingerprint density at radius 2 is 1.89 bits per heavy atom. The fourth-order valence-electron chi connectivity index (χ4n) is 6.47. The summed E-state index contributed by atoms with van der Waals surface area (Å²) in [6, 6.07) is 2.17. The van der Waals surface area contributed by atoms with Gasteiger partial charge in [0.15, 0.2) is 5.78 Å². The lowest BCUT2D eigenvalue weighted by Gasteiger charge is -2.57.